The zero-order chi connectivity index (χ0) is 24.5. The summed E-state index contributed by atoms with van der Waals surface area (Å²) in [5.74, 6) is -1.04. The van der Waals surface area contributed by atoms with Gasteiger partial charge in [-0.1, -0.05) is 58.5 Å². The number of likely N-dealkylation sites (N-methyl/N-ethyl adjacent to an activating group) is 1. The van der Waals surface area contributed by atoms with E-state index in [0.717, 1.165) is 46.8 Å². The minimum absolute atomic E-state index is 0.0971. The molecule has 34 heavy (non-hydrogen) atoms. The van der Waals surface area contributed by atoms with Crippen LogP contribution in [0.1, 0.15) is 48.8 Å². The van der Waals surface area contributed by atoms with Crippen LogP contribution in [0.3, 0.4) is 0 Å². The molecule has 2 aromatic carbocycles. The topological polar surface area (TPSA) is 117 Å². The second-order valence-electron chi connectivity index (χ2n) is 8.43. The van der Waals surface area contributed by atoms with Gasteiger partial charge in [0.2, 0.25) is 0 Å². The maximum atomic E-state index is 12.7. The number of nitrogens with one attached hydrogen (secondary N) is 1. The molecule has 0 unspecified atom stereocenters. The largest absolute Gasteiger partial charge is 0.480 e. The third-order valence-electron chi connectivity index (χ3n) is 5.97. The van der Waals surface area contributed by atoms with Gasteiger partial charge in [0.15, 0.2) is 6.61 Å². The van der Waals surface area contributed by atoms with Crippen LogP contribution >= 0.6 is 15.9 Å². The second kappa shape index (κ2) is 12.5. The molecule has 1 aliphatic carbocycles. The lowest BCUT2D eigenvalue weighted by atomic mass is 9.94. The highest BCUT2D eigenvalue weighted by atomic mass is 79.9. The summed E-state index contributed by atoms with van der Waals surface area (Å²) in [5, 5.41) is 16.1. The average molecular weight is 531 g/mol. The molecule has 0 aliphatic heterocycles. The number of carbonyl (C=O) groups is 2. The number of rotatable bonds is 10. The van der Waals surface area contributed by atoms with E-state index < -0.39 is 5.97 Å². The van der Waals surface area contributed by atoms with Gasteiger partial charge in [-0.05, 0) is 42.7 Å². The molecule has 0 heterocycles. The number of anilines is 1. The summed E-state index contributed by atoms with van der Waals surface area (Å²) in [6.07, 6.45) is 5.58. The number of amides is 1. The second-order valence-corrected chi connectivity index (χ2v) is 9.35. The zero-order valence-corrected chi connectivity index (χ0v) is 20.9. The van der Waals surface area contributed by atoms with Gasteiger partial charge >= 0.3 is 5.97 Å². The molecule has 1 aliphatic rings. The highest BCUT2D eigenvalue weighted by molar-refractivity contribution is 9.10. The molecule has 0 atom stereocenters. The molecule has 182 valence electrons. The lowest BCUT2D eigenvalue weighted by Gasteiger charge is -2.30. The maximum Gasteiger partial charge on any atom is 0.317 e. The van der Waals surface area contributed by atoms with Crippen LogP contribution in [-0.4, -0.2) is 53.8 Å². The molecule has 0 aromatic heterocycles. The minimum atomic E-state index is -0.942. The Morgan fingerprint density at radius 1 is 1.18 bits per heavy atom. The van der Waals surface area contributed by atoms with Crippen molar-refractivity contribution in [2.24, 2.45) is 5.16 Å². The van der Waals surface area contributed by atoms with E-state index in [1.54, 1.807) is 11.0 Å². The van der Waals surface area contributed by atoms with Gasteiger partial charge in [-0.15, -0.1) is 0 Å². The van der Waals surface area contributed by atoms with E-state index in [1.165, 1.54) is 6.42 Å². The van der Waals surface area contributed by atoms with E-state index in [4.69, 9.17) is 15.7 Å². The molecule has 1 saturated carbocycles. The summed E-state index contributed by atoms with van der Waals surface area (Å²) in [7, 11) is 1.83. The van der Waals surface area contributed by atoms with Crippen LogP contribution in [0.4, 0.5) is 5.69 Å². The molecule has 9 heteroatoms. The van der Waals surface area contributed by atoms with Crippen LogP contribution in [0.25, 0.3) is 0 Å². The Kier molecular flexibility index (Phi) is 9.47. The number of nitrogens with zero attached hydrogens (tertiary/aromatic N) is 2. The van der Waals surface area contributed by atoms with Gasteiger partial charge in [-0.25, -0.2) is 0 Å². The van der Waals surface area contributed by atoms with E-state index >= 15 is 0 Å². The number of carboxylic acid groups (broad SMARTS) is 1. The smallest absolute Gasteiger partial charge is 0.317 e. The van der Waals surface area contributed by atoms with Crippen molar-refractivity contribution in [3.05, 3.63) is 63.6 Å². The Hall–Kier alpha value is -2.91. The number of aliphatic carboxylic acids is 1. The number of oxime groups is 1. The molecule has 1 fully saturated rings. The maximum absolute atomic E-state index is 12.7. The van der Waals surface area contributed by atoms with Gasteiger partial charge < -0.3 is 25.9 Å². The van der Waals surface area contributed by atoms with Crippen molar-refractivity contribution < 1.29 is 19.5 Å². The predicted molar refractivity (Wildman–Crippen MR) is 136 cm³/mol. The van der Waals surface area contributed by atoms with Crippen LogP contribution in [0, 0.1) is 0 Å². The number of nitrogen functional groups attached to an aromatic ring is 1. The fourth-order valence-corrected chi connectivity index (χ4v) is 4.44. The predicted octanol–water partition coefficient (Wildman–Crippen LogP) is 3.77. The van der Waals surface area contributed by atoms with Crippen LogP contribution in [0.5, 0.6) is 0 Å². The van der Waals surface area contributed by atoms with Crippen molar-refractivity contribution in [3.63, 3.8) is 0 Å². The Morgan fingerprint density at radius 2 is 1.91 bits per heavy atom. The molecular formula is C25H31BrN4O4. The van der Waals surface area contributed by atoms with Crippen molar-refractivity contribution in [1.29, 1.82) is 0 Å². The summed E-state index contributed by atoms with van der Waals surface area (Å²) >= 11 is 3.49. The standard InChI is InChI=1S/C25H31BrN4O4/c1-30(21-8-3-2-4-9-21)23(31)16-34-29-25(17-6-5-7-20(26)13-17)18-10-11-22(27)19(12-18)14-28-15-24(32)33/h5-7,10-13,21,28H,2-4,8-9,14-16,27H2,1H3,(H,32,33)/b29-25-. The summed E-state index contributed by atoms with van der Waals surface area (Å²) < 4.78 is 0.879. The van der Waals surface area contributed by atoms with Crippen LogP contribution in [0.2, 0.25) is 0 Å². The molecule has 8 nitrogen and oxygen atoms in total. The third-order valence-corrected chi connectivity index (χ3v) is 6.46. The van der Waals surface area contributed by atoms with E-state index in [1.807, 2.05) is 43.4 Å². The fraction of sp³-hybridized carbons (Fsp3) is 0.400. The van der Waals surface area contributed by atoms with Crippen LogP contribution < -0.4 is 11.1 Å². The minimum Gasteiger partial charge on any atom is -0.480 e. The van der Waals surface area contributed by atoms with E-state index in [2.05, 4.69) is 26.4 Å². The summed E-state index contributed by atoms with van der Waals surface area (Å²) in [6, 6.07) is 13.3. The van der Waals surface area contributed by atoms with Crippen molar-refractivity contribution >= 4 is 39.2 Å². The molecule has 3 rings (SSSR count). The monoisotopic (exact) mass is 530 g/mol. The number of carbonyl (C=O) groups excluding carboxylic acids is 1. The number of hydrogen-bond acceptors (Lipinski definition) is 6. The van der Waals surface area contributed by atoms with E-state index in [-0.39, 0.29) is 25.1 Å². The fourth-order valence-electron chi connectivity index (χ4n) is 4.04. The van der Waals surface area contributed by atoms with E-state index in [9.17, 15) is 9.59 Å². The van der Waals surface area contributed by atoms with Gasteiger partial charge in [0, 0.05) is 40.9 Å². The van der Waals surface area contributed by atoms with Gasteiger partial charge in [0.05, 0.1) is 6.54 Å². The number of carboxylic acids is 1. The highest BCUT2D eigenvalue weighted by Crippen LogP contribution is 2.22. The van der Waals surface area contributed by atoms with Crippen molar-refractivity contribution in [2.75, 3.05) is 25.9 Å². The Bertz CT molecular complexity index is 1040. The quantitative estimate of drug-likeness (QED) is 0.244. The lowest BCUT2D eigenvalue weighted by Crippen LogP contribution is -2.40. The summed E-state index contributed by atoms with van der Waals surface area (Å²) in [4.78, 5) is 30.8. The molecule has 0 radical (unpaired) electrons. The van der Waals surface area contributed by atoms with Crippen molar-refractivity contribution in [2.45, 2.75) is 44.7 Å². The molecular weight excluding hydrogens is 500 g/mol. The molecule has 0 bridgehead atoms. The third kappa shape index (κ3) is 7.30. The first kappa shape index (κ1) is 25.7. The van der Waals surface area contributed by atoms with Gasteiger partial charge in [0.1, 0.15) is 5.71 Å². The summed E-state index contributed by atoms with van der Waals surface area (Å²) in [6.45, 7) is -0.0221. The Labute approximate surface area is 208 Å². The van der Waals surface area contributed by atoms with Crippen molar-refractivity contribution in [3.8, 4) is 0 Å². The molecule has 2 aromatic rings. The number of halogens is 1. The van der Waals surface area contributed by atoms with Gasteiger partial charge in [0.25, 0.3) is 5.91 Å². The normalized spacial score (nSPS) is 14.6. The van der Waals surface area contributed by atoms with Gasteiger partial charge in [-0.3, -0.25) is 9.59 Å². The zero-order valence-electron chi connectivity index (χ0n) is 19.3. The van der Waals surface area contributed by atoms with Crippen LogP contribution in [-0.2, 0) is 21.0 Å². The number of nitrogens with two attached hydrogens (primary N) is 1. The van der Waals surface area contributed by atoms with Gasteiger partial charge in [-0.2, -0.15) is 0 Å². The number of benzene rings is 2. The Morgan fingerprint density at radius 3 is 2.62 bits per heavy atom. The first-order valence-corrected chi connectivity index (χ1v) is 12.2. The average Bonchev–Trinajstić information content (AvgIpc) is 2.83. The molecule has 1 amide bonds. The molecule has 4 N–H and O–H groups in total. The molecule has 0 saturated heterocycles. The first-order valence-electron chi connectivity index (χ1n) is 11.4. The summed E-state index contributed by atoms with van der Waals surface area (Å²) in [5.41, 5.74) is 9.48. The van der Waals surface area contributed by atoms with E-state index in [0.29, 0.717) is 17.9 Å². The molecule has 0 spiro atoms. The number of hydrogen-bond donors (Lipinski definition) is 3. The first-order chi connectivity index (χ1) is 16.3. The Balaban J connectivity index is 1.79. The van der Waals surface area contributed by atoms with Crippen molar-refractivity contribution in [1.82, 2.24) is 10.2 Å². The SMILES string of the molecule is CN(C(=O)CO/N=C(/c1cccc(Br)c1)c1ccc(N)c(CNCC(=O)O)c1)C1CCCCC1. The lowest BCUT2D eigenvalue weighted by molar-refractivity contribution is -0.137. The van der Waals surface area contributed by atoms with Crippen LogP contribution in [0.15, 0.2) is 52.1 Å². The highest BCUT2D eigenvalue weighted by Gasteiger charge is 2.22.